The first-order chi connectivity index (χ1) is 9.65. The quantitative estimate of drug-likeness (QED) is 0.889. The Morgan fingerprint density at radius 3 is 2.70 bits per heavy atom. The van der Waals surface area contributed by atoms with E-state index in [1.807, 2.05) is 0 Å². The maximum absolute atomic E-state index is 12.7. The summed E-state index contributed by atoms with van der Waals surface area (Å²) in [6, 6.07) is 5.98. The van der Waals surface area contributed by atoms with E-state index in [9.17, 15) is 14.3 Å². The van der Waals surface area contributed by atoms with Crippen LogP contribution in [0.25, 0.3) is 6.08 Å². The molecule has 0 bridgehead atoms. The Labute approximate surface area is 118 Å². The summed E-state index contributed by atoms with van der Waals surface area (Å²) in [6.45, 7) is 0. The lowest BCUT2D eigenvalue weighted by molar-refractivity contribution is -0.122. The summed E-state index contributed by atoms with van der Waals surface area (Å²) in [5, 5.41) is 12.6. The average Bonchev–Trinajstić information content (AvgIpc) is 2.44. The van der Waals surface area contributed by atoms with Crippen LogP contribution in [0.1, 0.15) is 37.7 Å². The minimum Gasteiger partial charge on any atom is -0.391 e. The van der Waals surface area contributed by atoms with Gasteiger partial charge in [-0.2, -0.15) is 0 Å². The molecule has 0 saturated heterocycles. The molecule has 4 heteroatoms. The molecule has 2 unspecified atom stereocenters. The molecule has 108 valence electrons. The van der Waals surface area contributed by atoms with Gasteiger partial charge in [-0.3, -0.25) is 4.79 Å². The zero-order valence-corrected chi connectivity index (χ0v) is 11.4. The number of hydrogen-bond donors (Lipinski definition) is 2. The molecular weight excluding hydrogens is 257 g/mol. The van der Waals surface area contributed by atoms with Crippen molar-refractivity contribution < 1.29 is 14.3 Å². The molecule has 1 aliphatic carbocycles. The molecular formula is C16H20FNO2. The molecule has 1 aromatic rings. The van der Waals surface area contributed by atoms with Crippen LogP contribution in [0.5, 0.6) is 0 Å². The number of halogens is 1. The number of hydrogen-bond acceptors (Lipinski definition) is 2. The van der Waals surface area contributed by atoms with Crippen LogP contribution in [0.3, 0.4) is 0 Å². The predicted molar refractivity (Wildman–Crippen MR) is 76.5 cm³/mol. The van der Waals surface area contributed by atoms with Crippen molar-refractivity contribution in [3.05, 3.63) is 41.7 Å². The summed E-state index contributed by atoms with van der Waals surface area (Å²) in [5.74, 6) is -0.361. The molecule has 0 radical (unpaired) electrons. The number of amides is 1. The van der Waals surface area contributed by atoms with Gasteiger partial charge in [-0.25, -0.2) is 4.39 Å². The molecule has 20 heavy (non-hydrogen) atoms. The van der Waals surface area contributed by atoms with E-state index in [0.717, 1.165) is 31.2 Å². The van der Waals surface area contributed by atoms with Gasteiger partial charge in [0.1, 0.15) is 5.82 Å². The molecule has 1 aliphatic rings. The largest absolute Gasteiger partial charge is 0.391 e. The second-order valence-electron chi connectivity index (χ2n) is 5.18. The van der Waals surface area contributed by atoms with Crippen LogP contribution in [0.4, 0.5) is 4.39 Å². The van der Waals surface area contributed by atoms with E-state index < -0.39 is 6.10 Å². The average molecular weight is 277 g/mol. The SMILES string of the molecule is O=C(C/C=C/c1ccc(F)cc1)NC1CCCCC1O. The number of aliphatic hydroxyl groups is 1. The highest BCUT2D eigenvalue weighted by atomic mass is 19.1. The summed E-state index contributed by atoms with van der Waals surface area (Å²) in [5.41, 5.74) is 0.858. The minimum absolute atomic E-state index is 0.0886. The molecule has 2 rings (SSSR count). The van der Waals surface area contributed by atoms with Gasteiger partial charge in [-0.05, 0) is 30.5 Å². The third kappa shape index (κ3) is 4.46. The van der Waals surface area contributed by atoms with Gasteiger partial charge in [0.05, 0.1) is 12.1 Å². The summed E-state index contributed by atoms with van der Waals surface area (Å²) in [4.78, 5) is 11.8. The molecule has 0 heterocycles. The number of aliphatic hydroxyl groups excluding tert-OH is 1. The van der Waals surface area contributed by atoms with Crippen LogP contribution < -0.4 is 5.32 Å². The van der Waals surface area contributed by atoms with Gasteiger partial charge >= 0.3 is 0 Å². The van der Waals surface area contributed by atoms with Gasteiger partial charge in [0, 0.05) is 6.42 Å². The Kier molecular flexibility index (Phi) is 5.30. The van der Waals surface area contributed by atoms with E-state index in [0.29, 0.717) is 0 Å². The zero-order valence-electron chi connectivity index (χ0n) is 11.4. The topological polar surface area (TPSA) is 49.3 Å². The Balaban J connectivity index is 1.78. The van der Waals surface area contributed by atoms with Crippen molar-refractivity contribution in [1.29, 1.82) is 0 Å². The van der Waals surface area contributed by atoms with E-state index in [1.165, 1.54) is 12.1 Å². The molecule has 2 atom stereocenters. The van der Waals surface area contributed by atoms with Crippen molar-refractivity contribution in [2.75, 3.05) is 0 Å². The molecule has 3 nitrogen and oxygen atoms in total. The van der Waals surface area contributed by atoms with E-state index >= 15 is 0 Å². The van der Waals surface area contributed by atoms with Crippen LogP contribution in [0.15, 0.2) is 30.3 Å². The minimum atomic E-state index is -0.422. The standard InChI is InChI=1S/C16H20FNO2/c17-13-10-8-12(9-11-13)4-3-7-16(20)18-14-5-1-2-6-15(14)19/h3-4,8-11,14-15,19H,1-2,5-7H2,(H,18,20)/b4-3+. The summed E-state index contributed by atoms with van der Waals surface area (Å²) < 4.78 is 12.7. The molecule has 2 N–H and O–H groups in total. The van der Waals surface area contributed by atoms with Gasteiger partial charge in [-0.15, -0.1) is 0 Å². The zero-order chi connectivity index (χ0) is 14.4. The number of benzene rings is 1. The van der Waals surface area contributed by atoms with Crippen molar-refractivity contribution in [2.24, 2.45) is 0 Å². The van der Waals surface area contributed by atoms with Crippen LogP contribution >= 0.6 is 0 Å². The Morgan fingerprint density at radius 1 is 1.30 bits per heavy atom. The van der Waals surface area contributed by atoms with E-state index in [4.69, 9.17) is 0 Å². The lowest BCUT2D eigenvalue weighted by Gasteiger charge is -2.28. The lowest BCUT2D eigenvalue weighted by Crippen LogP contribution is -2.44. The number of rotatable bonds is 4. The van der Waals surface area contributed by atoms with Crippen LogP contribution in [0.2, 0.25) is 0 Å². The fraction of sp³-hybridized carbons (Fsp3) is 0.438. The van der Waals surface area contributed by atoms with E-state index in [1.54, 1.807) is 24.3 Å². The maximum Gasteiger partial charge on any atom is 0.224 e. The summed E-state index contributed by atoms with van der Waals surface area (Å²) >= 11 is 0. The molecule has 1 amide bonds. The normalized spacial score (nSPS) is 22.9. The van der Waals surface area contributed by atoms with Crippen molar-refractivity contribution >= 4 is 12.0 Å². The first-order valence-electron chi connectivity index (χ1n) is 7.04. The monoisotopic (exact) mass is 277 g/mol. The van der Waals surface area contributed by atoms with E-state index in [2.05, 4.69) is 5.32 Å². The Hall–Kier alpha value is -1.68. The predicted octanol–water partition coefficient (Wildman–Crippen LogP) is 2.65. The third-order valence-electron chi connectivity index (χ3n) is 3.56. The number of carbonyl (C=O) groups is 1. The first kappa shape index (κ1) is 14.7. The highest BCUT2D eigenvalue weighted by molar-refractivity contribution is 5.78. The highest BCUT2D eigenvalue weighted by Gasteiger charge is 2.23. The van der Waals surface area contributed by atoms with Crippen molar-refractivity contribution in [3.63, 3.8) is 0 Å². The second-order valence-corrected chi connectivity index (χ2v) is 5.18. The Morgan fingerprint density at radius 2 is 2.00 bits per heavy atom. The first-order valence-corrected chi connectivity index (χ1v) is 7.04. The van der Waals surface area contributed by atoms with Gasteiger partial charge in [-0.1, -0.05) is 37.1 Å². The van der Waals surface area contributed by atoms with Crippen molar-refractivity contribution in [1.82, 2.24) is 5.32 Å². The van der Waals surface area contributed by atoms with E-state index in [-0.39, 0.29) is 24.2 Å². The number of carbonyl (C=O) groups excluding carboxylic acids is 1. The molecule has 0 aliphatic heterocycles. The molecule has 1 saturated carbocycles. The molecule has 0 aromatic heterocycles. The Bertz CT molecular complexity index is 470. The van der Waals surface area contributed by atoms with Crippen LogP contribution in [-0.2, 0) is 4.79 Å². The van der Waals surface area contributed by atoms with Crippen LogP contribution in [-0.4, -0.2) is 23.2 Å². The molecule has 0 spiro atoms. The highest BCUT2D eigenvalue weighted by Crippen LogP contribution is 2.18. The maximum atomic E-state index is 12.7. The summed E-state index contributed by atoms with van der Waals surface area (Å²) in [7, 11) is 0. The molecule has 1 fully saturated rings. The smallest absolute Gasteiger partial charge is 0.224 e. The fourth-order valence-electron chi connectivity index (χ4n) is 2.42. The third-order valence-corrected chi connectivity index (χ3v) is 3.56. The van der Waals surface area contributed by atoms with Crippen molar-refractivity contribution in [2.45, 2.75) is 44.2 Å². The van der Waals surface area contributed by atoms with Crippen molar-refractivity contribution in [3.8, 4) is 0 Å². The van der Waals surface area contributed by atoms with Crippen LogP contribution in [0, 0.1) is 5.82 Å². The van der Waals surface area contributed by atoms with Gasteiger partial charge in [0.15, 0.2) is 0 Å². The lowest BCUT2D eigenvalue weighted by atomic mass is 9.92. The second kappa shape index (κ2) is 7.20. The fourth-order valence-corrected chi connectivity index (χ4v) is 2.42. The molecule has 1 aromatic carbocycles. The van der Waals surface area contributed by atoms with Gasteiger partial charge in [0.25, 0.3) is 0 Å². The summed E-state index contributed by atoms with van der Waals surface area (Å²) in [6.07, 6.45) is 7.05. The van der Waals surface area contributed by atoms with Gasteiger partial charge in [0.2, 0.25) is 5.91 Å². The van der Waals surface area contributed by atoms with Gasteiger partial charge < -0.3 is 10.4 Å². The number of nitrogens with one attached hydrogen (secondary N) is 1.